The van der Waals surface area contributed by atoms with E-state index in [2.05, 4.69) is 57.3 Å². The third-order valence-corrected chi connectivity index (χ3v) is 4.46. The summed E-state index contributed by atoms with van der Waals surface area (Å²) >= 11 is 2.01. The molecule has 1 aromatic rings. The molecule has 1 fully saturated rings. The molecule has 1 aliphatic rings. The first kappa shape index (κ1) is 12.0. The van der Waals surface area contributed by atoms with E-state index in [1.807, 2.05) is 11.8 Å². The quantitative estimate of drug-likeness (QED) is 0.796. The van der Waals surface area contributed by atoms with Crippen LogP contribution in [0.1, 0.15) is 44.2 Å². The Balaban J connectivity index is 2.14. The first-order valence-corrected chi connectivity index (χ1v) is 7.00. The van der Waals surface area contributed by atoms with Crippen LogP contribution in [0.4, 0.5) is 0 Å². The first-order chi connectivity index (χ1) is 7.47. The number of rotatable bonds is 1. The number of thioether (sulfide) groups is 1. The van der Waals surface area contributed by atoms with Crippen molar-refractivity contribution in [2.45, 2.75) is 44.5 Å². The smallest absolute Gasteiger partial charge is 0.0792 e. The number of benzene rings is 1. The lowest BCUT2D eigenvalue weighted by atomic mass is 9.87. The summed E-state index contributed by atoms with van der Waals surface area (Å²) in [6.45, 7) is 9.02. The minimum atomic E-state index is 0.252. The first-order valence-electron chi connectivity index (χ1n) is 5.95. The summed E-state index contributed by atoms with van der Waals surface area (Å²) < 4.78 is 0. The molecular formula is C14H21NS. The van der Waals surface area contributed by atoms with Gasteiger partial charge in [-0.3, -0.25) is 5.32 Å². The minimum absolute atomic E-state index is 0.252. The summed E-state index contributed by atoms with van der Waals surface area (Å²) in [6, 6.07) is 9.70. The fourth-order valence-corrected chi connectivity index (χ4v) is 3.20. The van der Waals surface area contributed by atoms with E-state index in [-0.39, 0.29) is 5.41 Å². The summed E-state index contributed by atoms with van der Waals surface area (Å²) in [5.41, 5.74) is 3.07. The molecule has 2 rings (SSSR count). The molecule has 16 heavy (non-hydrogen) atoms. The van der Waals surface area contributed by atoms with Gasteiger partial charge in [0.15, 0.2) is 0 Å². The largest absolute Gasteiger partial charge is 0.298 e. The maximum atomic E-state index is 3.59. The summed E-state index contributed by atoms with van der Waals surface area (Å²) in [7, 11) is 0. The summed E-state index contributed by atoms with van der Waals surface area (Å²) in [4.78, 5) is 0. The van der Waals surface area contributed by atoms with Gasteiger partial charge in [0, 0.05) is 11.8 Å². The predicted molar refractivity (Wildman–Crippen MR) is 72.9 cm³/mol. The molecule has 2 unspecified atom stereocenters. The van der Waals surface area contributed by atoms with Crippen LogP contribution in [0.5, 0.6) is 0 Å². The zero-order valence-corrected chi connectivity index (χ0v) is 11.4. The molecule has 1 N–H and O–H groups in total. The lowest BCUT2D eigenvalue weighted by Gasteiger charge is -2.20. The molecule has 0 amide bonds. The second-order valence-corrected chi connectivity index (χ2v) is 6.79. The van der Waals surface area contributed by atoms with Crippen LogP contribution in [0.25, 0.3) is 0 Å². The van der Waals surface area contributed by atoms with Crippen molar-refractivity contribution in [3.63, 3.8) is 0 Å². The van der Waals surface area contributed by atoms with E-state index in [0.717, 1.165) is 0 Å². The van der Waals surface area contributed by atoms with Gasteiger partial charge in [-0.15, -0.1) is 11.8 Å². The Hall–Kier alpha value is -0.470. The van der Waals surface area contributed by atoms with Gasteiger partial charge in [-0.1, -0.05) is 45.0 Å². The molecule has 1 saturated heterocycles. The minimum Gasteiger partial charge on any atom is -0.298 e. The maximum Gasteiger partial charge on any atom is 0.0792 e. The Bertz CT molecular complexity index is 350. The third-order valence-electron chi connectivity index (χ3n) is 3.03. The van der Waals surface area contributed by atoms with Crippen molar-refractivity contribution < 1.29 is 0 Å². The van der Waals surface area contributed by atoms with E-state index in [0.29, 0.717) is 11.4 Å². The molecule has 1 aromatic carbocycles. The van der Waals surface area contributed by atoms with Crippen LogP contribution in [0.2, 0.25) is 0 Å². The van der Waals surface area contributed by atoms with Gasteiger partial charge in [0.2, 0.25) is 0 Å². The fourth-order valence-electron chi connectivity index (χ4n) is 1.95. The molecule has 0 bridgehead atoms. The molecule has 0 saturated carbocycles. The Labute approximate surface area is 103 Å². The van der Waals surface area contributed by atoms with Crippen LogP contribution in [0.15, 0.2) is 24.3 Å². The number of hydrogen-bond donors (Lipinski definition) is 1. The molecule has 2 atom stereocenters. The standard InChI is InChI=1S/C14H21NS/c1-10-9-16-13(15-10)11-5-7-12(8-6-11)14(2,3)4/h5-8,10,13,15H,9H2,1-4H3. The van der Waals surface area contributed by atoms with Crippen LogP contribution in [-0.2, 0) is 5.41 Å². The van der Waals surface area contributed by atoms with Crippen LogP contribution in [0, 0.1) is 0 Å². The zero-order valence-electron chi connectivity index (χ0n) is 10.6. The lowest BCUT2D eigenvalue weighted by Crippen LogP contribution is -2.22. The summed E-state index contributed by atoms with van der Waals surface area (Å²) in [5, 5.41) is 4.08. The topological polar surface area (TPSA) is 12.0 Å². The van der Waals surface area contributed by atoms with Crippen LogP contribution < -0.4 is 5.32 Å². The van der Waals surface area contributed by atoms with Crippen molar-refractivity contribution in [2.75, 3.05) is 5.75 Å². The highest BCUT2D eigenvalue weighted by atomic mass is 32.2. The van der Waals surface area contributed by atoms with Crippen molar-refractivity contribution in [1.82, 2.24) is 5.32 Å². The van der Waals surface area contributed by atoms with Crippen LogP contribution in [-0.4, -0.2) is 11.8 Å². The maximum absolute atomic E-state index is 3.59. The Morgan fingerprint density at radius 3 is 2.25 bits per heavy atom. The molecular weight excluding hydrogens is 214 g/mol. The van der Waals surface area contributed by atoms with Gasteiger partial charge in [-0.2, -0.15) is 0 Å². The lowest BCUT2D eigenvalue weighted by molar-refractivity contribution is 0.588. The number of hydrogen-bond acceptors (Lipinski definition) is 2. The normalized spacial score (nSPS) is 26.0. The van der Waals surface area contributed by atoms with Crippen LogP contribution in [0.3, 0.4) is 0 Å². The second-order valence-electron chi connectivity index (χ2n) is 5.65. The van der Waals surface area contributed by atoms with Crippen LogP contribution >= 0.6 is 11.8 Å². The molecule has 88 valence electrons. The van der Waals surface area contributed by atoms with Gasteiger partial charge in [0.1, 0.15) is 0 Å². The number of nitrogens with one attached hydrogen (secondary N) is 1. The van der Waals surface area contributed by atoms with Gasteiger partial charge < -0.3 is 0 Å². The van der Waals surface area contributed by atoms with Crippen molar-refractivity contribution in [1.29, 1.82) is 0 Å². The Morgan fingerprint density at radius 2 is 1.81 bits per heavy atom. The van der Waals surface area contributed by atoms with E-state index >= 15 is 0 Å². The van der Waals surface area contributed by atoms with E-state index in [1.165, 1.54) is 16.9 Å². The van der Waals surface area contributed by atoms with Crippen molar-refractivity contribution in [2.24, 2.45) is 0 Å². The second kappa shape index (κ2) is 4.42. The molecule has 1 heterocycles. The molecule has 1 nitrogen and oxygen atoms in total. The fraction of sp³-hybridized carbons (Fsp3) is 0.571. The zero-order chi connectivity index (χ0) is 11.8. The molecule has 0 aromatic heterocycles. The van der Waals surface area contributed by atoms with Crippen molar-refractivity contribution >= 4 is 11.8 Å². The SMILES string of the molecule is CC1CSC(c2ccc(C(C)(C)C)cc2)N1. The average Bonchev–Trinajstić information content (AvgIpc) is 2.64. The van der Waals surface area contributed by atoms with E-state index in [4.69, 9.17) is 0 Å². The van der Waals surface area contributed by atoms with E-state index in [9.17, 15) is 0 Å². The average molecular weight is 235 g/mol. The third kappa shape index (κ3) is 2.61. The van der Waals surface area contributed by atoms with Gasteiger partial charge in [0.25, 0.3) is 0 Å². The molecule has 2 heteroatoms. The Morgan fingerprint density at radius 1 is 1.19 bits per heavy atom. The highest BCUT2D eigenvalue weighted by Crippen LogP contribution is 2.33. The van der Waals surface area contributed by atoms with Gasteiger partial charge in [0.05, 0.1) is 5.37 Å². The highest BCUT2D eigenvalue weighted by Gasteiger charge is 2.22. The molecule has 0 radical (unpaired) electrons. The highest BCUT2D eigenvalue weighted by molar-refractivity contribution is 7.99. The van der Waals surface area contributed by atoms with E-state index in [1.54, 1.807) is 0 Å². The van der Waals surface area contributed by atoms with Gasteiger partial charge >= 0.3 is 0 Å². The summed E-state index contributed by atoms with van der Waals surface area (Å²) in [6.07, 6.45) is 0. The monoisotopic (exact) mass is 235 g/mol. The van der Waals surface area contributed by atoms with E-state index < -0.39 is 0 Å². The predicted octanol–water partition coefficient (Wildman–Crippen LogP) is 3.71. The van der Waals surface area contributed by atoms with Crippen molar-refractivity contribution in [3.8, 4) is 0 Å². The van der Waals surface area contributed by atoms with Gasteiger partial charge in [-0.05, 0) is 23.5 Å². The molecule has 1 aliphatic heterocycles. The Kier molecular flexibility index (Phi) is 3.32. The molecule has 0 spiro atoms. The summed E-state index contributed by atoms with van der Waals surface area (Å²) in [5.74, 6) is 1.21. The van der Waals surface area contributed by atoms with Gasteiger partial charge in [-0.25, -0.2) is 0 Å². The van der Waals surface area contributed by atoms with Crippen molar-refractivity contribution in [3.05, 3.63) is 35.4 Å². The molecule has 0 aliphatic carbocycles.